The van der Waals surface area contributed by atoms with Crippen LogP contribution >= 0.6 is 0 Å². The van der Waals surface area contributed by atoms with Crippen molar-refractivity contribution in [3.05, 3.63) is 129 Å². The van der Waals surface area contributed by atoms with Crippen LogP contribution in [0.4, 0.5) is 70.7 Å². The maximum absolute atomic E-state index is 13.7. The van der Waals surface area contributed by atoms with Gasteiger partial charge in [-0.1, -0.05) is 48.5 Å². The van der Waals surface area contributed by atoms with E-state index in [1.165, 1.54) is 0 Å². The topological polar surface area (TPSA) is 84.9 Å². The summed E-state index contributed by atoms with van der Waals surface area (Å²) >= 11 is 0. The second kappa shape index (κ2) is 17.3. The molecule has 7 nitrogen and oxygen atoms in total. The Hall–Kier alpha value is -5.80. The molecule has 1 N–H and O–H groups in total. The second-order valence-corrected chi connectivity index (χ2v) is 13.6. The molecule has 0 radical (unpaired) electrons. The number of ether oxygens (including phenoxy) is 2. The van der Waals surface area contributed by atoms with Gasteiger partial charge in [0.2, 0.25) is 0 Å². The average Bonchev–Trinajstić information content (AvgIpc) is 3.46. The van der Waals surface area contributed by atoms with Crippen molar-refractivity contribution >= 4 is 18.0 Å². The fraction of sp³-hybridized carbons (Fsp3) is 0.308. The van der Waals surface area contributed by atoms with Crippen molar-refractivity contribution in [2.75, 3.05) is 13.2 Å². The van der Waals surface area contributed by atoms with E-state index in [4.69, 9.17) is 4.74 Å². The van der Waals surface area contributed by atoms with E-state index in [1.807, 2.05) is 5.32 Å². The molecule has 1 amide bonds. The maximum Gasteiger partial charge on any atom is 0.491 e. The lowest BCUT2D eigenvalue weighted by Crippen LogP contribution is -2.46. The molecule has 61 heavy (non-hydrogen) atoms. The van der Waals surface area contributed by atoms with Gasteiger partial charge in [0.1, 0.15) is 12.6 Å². The summed E-state index contributed by atoms with van der Waals surface area (Å²) in [5.74, 6) is -5.82. The zero-order valence-corrected chi connectivity index (χ0v) is 30.4. The van der Waals surface area contributed by atoms with Crippen LogP contribution in [-0.4, -0.2) is 48.3 Å². The number of hydrogen-bond acceptors (Lipinski definition) is 6. The number of halogens is 15. The van der Waals surface area contributed by atoms with Crippen LogP contribution in [0.2, 0.25) is 0 Å². The summed E-state index contributed by atoms with van der Waals surface area (Å²) in [5.41, 5.74) is -6.26. The zero-order chi connectivity index (χ0) is 45.3. The molecule has 0 fully saturated rings. The monoisotopic (exact) mass is 888 g/mol. The molecule has 1 aliphatic rings. The fourth-order valence-electron chi connectivity index (χ4n) is 6.51. The summed E-state index contributed by atoms with van der Waals surface area (Å²) in [6.45, 7) is -3.72. The molecule has 0 unspecified atom stereocenters. The van der Waals surface area contributed by atoms with Gasteiger partial charge in [-0.25, -0.2) is 14.4 Å². The number of carbonyl (C=O) groups excluding carboxylic acids is 3. The molecule has 1 atom stereocenters. The van der Waals surface area contributed by atoms with Gasteiger partial charge in [-0.15, -0.1) is 0 Å². The van der Waals surface area contributed by atoms with Crippen LogP contribution in [0.25, 0.3) is 11.1 Å². The number of esters is 2. The van der Waals surface area contributed by atoms with Crippen LogP contribution in [0.5, 0.6) is 0 Å². The Morgan fingerprint density at radius 2 is 0.984 bits per heavy atom. The molecule has 0 aliphatic heterocycles. The number of nitrogens with one attached hydrogen (secondary N) is 1. The summed E-state index contributed by atoms with van der Waals surface area (Å²) in [4.78, 5) is 38.3. The fourth-order valence-corrected chi connectivity index (χ4v) is 6.51. The van der Waals surface area contributed by atoms with Crippen molar-refractivity contribution in [3.63, 3.8) is 0 Å². The molecule has 0 spiro atoms. The number of carbonyl (C=O) groups is 3. The Kier molecular flexibility index (Phi) is 13.1. The number of rotatable bonds is 11. The van der Waals surface area contributed by atoms with Crippen molar-refractivity contribution in [3.8, 4) is 11.1 Å². The predicted molar refractivity (Wildman–Crippen MR) is 181 cm³/mol. The van der Waals surface area contributed by atoms with Crippen molar-refractivity contribution in [1.29, 1.82) is 0 Å². The predicted octanol–water partition coefficient (Wildman–Crippen LogP) is 10.7. The van der Waals surface area contributed by atoms with Gasteiger partial charge in [0.15, 0.2) is 0 Å². The zero-order valence-electron chi connectivity index (χ0n) is 30.4. The third-order valence-electron chi connectivity index (χ3n) is 9.19. The molecule has 0 heterocycles. The summed E-state index contributed by atoms with van der Waals surface area (Å²) in [5, 5.41) is 1.87. The summed E-state index contributed by atoms with van der Waals surface area (Å²) in [7, 11) is 0. The van der Waals surface area contributed by atoms with Gasteiger partial charge in [-0.3, -0.25) is 4.90 Å². The first-order valence-corrected chi connectivity index (χ1v) is 17.3. The Balaban J connectivity index is 1.48. The van der Waals surface area contributed by atoms with Crippen LogP contribution < -0.4 is 5.32 Å². The summed E-state index contributed by atoms with van der Waals surface area (Å²) in [6.07, 6.45) is -30.0. The first-order valence-electron chi connectivity index (χ1n) is 17.3. The van der Waals surface area contributed by atoms with Gasteiger partial charge >= 0.3 is 48.9 Å². The van der Waals surface area contributed by atoms with Crippen molar-refractivity contribution in [2.24, 2.45) is 0 Å². The highest BCUT2D eigenvalue weighted by atomic mass is 19.4. The number of fused-ring (bicyclic) bond motifs is 3. The van der Waals surface area contributed by atoms with E-state index >= 15 is 0 Å². The van der Waals surface area contributed by atoms with Crippen LogP contribution in [0.1, 0.15) is 56.8 Å². The molecule has 0 saturated carbocycles. The van der Waals surface area contributed by atoms with Gasteiger partial charge in [0, 0.05) is 25.6 Å². The standard InChI is InChI=1S/C39H27F15N2O5/c40-35(41,42)22-11-20(12-23(15-22)36(43,44)45)17-56(18-21-13-24(37(46,47)48)16-25(14-21)38(49,50)51)10-9-31(32(57)61-33(58)39(52,53)54)55-34(59)60-19-30-28-7-3-1-5-26(28)27-6-2-4-8-29(27)30/h1-8,11-16,30-31H,9-10,17-19H2,(H,55,59)/t31-/m0/s1. The largest absolute Gasteiger partial charge is 0.491 e. The third-order valence-corrected chi connectivity index (χ3v) is 9.19. The molecular formula is C39H27F15N2O5. The summed E-state index contributed by atoms with van der Waals surface area (Å²) < 4.78 is 213. The minimum Gasteiger partial charge on any atom is -0.449 e. The SMILES string of the molecule is O=C(N[C@@H](CCN(Cc1cc(C(F)(F)F)cc(C(F)(F)F)c1)Cc1cc(C(F)(F)F)cc(C(F)(F)F)c1)C(=O)OC(=O)C(F)(F)F)OCC1c2ccccc2-c2ccccc21. The molecule has 0 aromatic heterocycles. The van der Waals surface area contributed by atoms with Gasteiger partial charge in [-0.05, 0) is 76.2 Å². The van der Waals surface area contributed by atoms with Crippen LogP contribution in [0, 0.1) is 0 Å². The summed E-state index contributed by atoms with van der Waals surface area (Å²) in [6, 6.07) is 11.7. The van der Waals surface area contributed by atoms with E-state index in [1.54, 1.807) is 48.5 Å². The Morgan fingerprint density at radius 1 is 0.590 bits per heavy atom. The first-order chi connectivity index (χ1) is 28.1. The molecule has 5 rings (SSSR count). The number of amides is 1. The molecular weight excluding hydrogens is 861 g/mol. The van der Waals surface area contributed by atoms with Gasteiger partial charge in [-0.2, -0.15) is 65.9 Å². The number of alkyl halides is 15. The number of hydrogen-bond donors (Lipinski definition) is 1. The molecule has 4 aromatic rings. The smallest absolute Gasteiger partial charge is 0.449 e. The Labute approximate surface area is 334 Å². The highest BCUT2D eigenvalue weighted by Crippen LogP contribution is 2.45. The highest BCUT2D eigenvalue weighted by Gasteiger charge is 2.44. The molecule has 0 saturated heterocycles. The van der Waals surface area contributed by atoms with Crippen molar-refractivity contribution in [2.45, 2.75) is 62.4 Å². The van der Waals surface area contributed by atoms with Gasteiger partial charge < -0.3 is 14.8 Å². The van der Waals surface area contributed by atoms with E-state index in [-0.39, 0.29) is 36.4 Å². The number of nitrogens with zero attached hydrogens (tertiary/aromatic N) is 1. The van der Waals surface area contributed by atoms with Gasteiger partial charge in [0.25, 0.3) is 0 Å². The molecule has 22 heteroatoms. The van der Waals surface area contributed by atoms with E-state index in [0.29, 0.717) is 16.0 Å². The lowest BCUT2D eigenvalue weighted by molar-refractivity contribution is -0.202. The Morgan fingerprint density at radius 3 is 1.36 bits per heavy atom. The van der Waals surface area contributed by atoms with Crippen molar-refractivity contribution < 1.29 is 89.7 Å². The normalized spacial score (nSPS) is 14.0. The van der Waals surface area contributed by atoms with E-state index in [9.17, 15) is 80.2 Å². The number of alkyl carbamates (subject to hydrolysis) is 1. The Bertz CT molecular complexity index is 2080. The van der Waals surface area contributed by atoms with Crippen LogP contribution in [0.15, 0.2) is 84.9 Å². The third kappa shape index (κ3) is 11.7. The number of benzene rings is 4. The first kappa shape index (κ1) is 46.3. The molecule has 328 valence electrons. The van der Waals surface area contributed by atoms with Crippen LogP contribution in [-0.2, 0) is 56.9 Å². The van der Waals surface area contributed by atoms with E-state index < -0.39 is 127 Å². The van der Waals surface area contributed by atoms with E-state index in [0.717, 1.165) is 11.1 Å². The lowest BCUT2D eigenvalue weighted by atomic mass is 9.98. The van der Waals surface area contributed by atoms with Crippen LogP contribution in [0.3, 0.4) is 0 Å². The minimum atomic E-state index is -5.78. The maximum atomic E-state index is 13.7. The van der Waals surface area contributed by atoms with Gasteiger partial charge in [0.05, 0.1) is 22.3 Å². The highest BCUT2D eigenvalue weighted by molar-refractivity contribution is 5.92. The molecule has 4 aromatic carbocycles. The van der Waals surface area contributed by atoms with E-state index in [2.05, 4.69) is 4.74 Å². The van der Waals surface area contributed by atoms with Crippen molar-refractivity contribution in [1.82, 2.24) is 10.2 Å². The second-order valence-electron chi connectivity index (χ2n) is 13.6. The lowest BCUT2D eigenvalue weighted by Gasteiger charge is -2.27. The average molecular weight is 889 g/mol. The quantitative estimate of drug-likeness (QED) is 0.0917. The molecule has 1 aliphatic carbocycles. The molecule has 0 bridgehead atoms. The minimum absolute atomic E-state index is 0.193.